The Balaban J connectivity index is 1.24. The van der Waals surface area contributed by atoms with Crippen LogP contribution in [-0.4, -0.2) is 37.6 Å². The molecule has 1 spiro atoms. The molecule has 0 radical (unpaired) electrons. The lowest BCUT2D eigenvalue weighted by atomic mass is 9.74. The molecule has 0 bridgehead atoms. The van der Waals surface area contributed by atoms with Gasteiger partial charge in [0.1, 0.15) is 11.6 Å². The number of methoxy groups -OCH3 is 1. The van der Waals surface area contributed by atoms with Crippen LogP contribution in [0.25, 0.3) is 10.8 Å². The number of likely N-dealkylation sites (tertiary alicyclic amines) is 1. The van der Waals surface area contributed by atoms with Crippen LogP contribution < -0.4 is 9.64 Å². The predicted octanol–water partition coefficient (Wildman–Crippen LogP) is 6.18. The topological polar surface area (TPSA) is 32.8 Å². The van der Waals surface area contributed by atoms with Crippen LogP contribution in [0.5, 0.6) is 5.75 Å². The summed E-state index contributed by atoms with van der Waals surface area (Å²) in [7, 11) is 1.68. The standard InChI is InChI=1S/C31H29FN2O2/c1-36-27-12-13-29-28(19-27)31(21-34(29)30(35)24-8-10-26(32)11-9-24)14-16-33(17-15-31)20-22-6-7-23-4-2-3-5-25(23)18-22/h2-13,18-19H,14-17,20-21H2,1H3. The fourth-order valence-electron chi connectivity index (χ4n) is 5.87. The van der Waals surface area contributed by atoms with E-state index < -0.39 is 0 Å². The molecule has 4 nitrogen and oxygen atoms in total. The number of hydrogen-bond acceptors (Lipinski definition) is 3. The number of rotatable bonds is 4. The molecule has 2 aliphatic rings. The summed E-state index contributed by atoms with van der Waals surface area (Å²) in [5.74, 6) is 0.382. The van der Waals surface area contributed by atoms with E-state index in [2.05, 4.69) is 53.4 Å². The maximum Gasteiger partial charge on any atom is 0.258 e. The van der Waals surface area contributed by atoms with Crippen molar-refractivity contribution in [3.63, 3.8) is 0 Å². The van der Waals surface area contributed by atoms with Crippen LogP contribution in [0.2, 0.25) is 0 Å². The van der Waals surface area contributed by atoms with Crippen LogP contribution in [0.4, 0.5) is 10.1 Å². The molecule has 1 amide bonds. The number of ether oxygens (including phenoxy) is 1. The molecule has 0 aromatic heterocycles. The molecule has 0 atom stereocenters. The van der Waals surface area contributed by atoms with Gasteiger partial charge in [0.05, 0.1) is 7.11 Å². The average Bonchev–Trinajstić information content (AvgIpc) is 3.23. The number of benzene rings is 4. The van der Waals surface area contributed by atoms with Crippen molar-refractivity contribution in [3.8, 4) is 5.75 Å². The van der Waals surface area contributed by atoms with Crippen molar-refractivity contribution < 1.29 is 13.9 Å². The highest BCUT2D eigenvalue weighted by Crippen LogP contribution is 2.48. The molecule has 2 heterocycles. The highest BCUT2D eigenvalue weighted by molar-refractivity contribution is 6.07. The summed E-state index contributed by atoms with van der Waals surface area (Å²) in [6, 6.07) is 27.0. The Bertz CT molecular complexity index is 1420. The molecule has 1 fully saturated rings. The largest absolute Gasteiger partial charge is 0.497 e. The van der Waals surface area contributed by atoms with Gasteiger partial charge in [0.25, 0.3) is 5.91 Å². The second kappa shape index (κ2) is 9.07. The molecule has 36 heavy (non-hydrogen) atoms. The third-order valence-electron chi connectivity index (χ3n) is 7.90. The monoisotopic (exact) mass is 480 g/mol. The number of carbonyl (C=O) groups is 1. The maximum atomic E-state index is 13.5. The third kappa shape index (κ3) is 4.03. The Kier molecular flexibility index (Phi) is 5.73. The molecular formula is C31H29FN2O2. The van der Waals surface area contributed by atoms with E-state index in [0.717, 1.165) is 43.9 Å². The molecule has 6 rings (SSSR count). The van der Waals surface area contributed by atoms with Crippen molar-refractivity contribution in [2.45, 2.75) is 24.8 Å². The van der Waals surface area contributed by atoms with Gasteiger partial charge in [-0.2, -0.15) is 0 Å². The summed E-state index contributed by atoms with van der Waals surface area (Å²) in [6.45, 7) is 3.48. The van der Waals surface area contributed by atoms with Gasteiger partial charge in [-0.05, 0) is 96.4 Å². The van der Waals surface area contributed by atoms with Crippen molar-refractivity contribution >= 4 is 22.4 Å². The number of piperidine rings is 1. The number of hydrogen-bond donors (Lipinski definition) is 0. The van der Waals surface area contributed by atoms with Gasteiger partial charge in [-0.1, -0.05) is 36.4 Å². The molecule has 0 saturated carbocycles. The van der Waals surface area contributed by atoms with E-state index >= 15 is 0 Å². The zero-order valence-corrected chi connectivity index (χ0v) is 20.4. The molecule has 5 heteroatoms. The van der Waals surface area contributed by atoms with Crippen LogP contribution in [0.1, 0.15) is 34.3 Å². The van der Waals surface area contributed by atoms with Crippen molar-refractivity contribution in [3.05, 3.63) is 107 Å². The number of nitrogens with zero attached hydrogens (tertiary/aromatic N) is 2. The van der Waals surface area contributed by atoms with Crippen LogP contribution in [0.15, 0.2) is 84.9 Å². The number of fused-ring (bicyclic) bond motifs is 3. The molecule has 0 aliphatic carbocycles. The smallest absolute Gasteiger partial charge is 0.258 e. The van der Waals surface area contributed by atoms with Crippen molar-refractivity contribution in [2.24, 2.45) is 0 Å². The lowest BCUT2D eigenvalue weighted by molar-refractivity contribution is 0.0975. The summed E-state index contributed by atoms with van der Waals surface area (Å²) >= 11 is 0. The lowest BCUT2D eigenvalue weighted by Gasteiger charge is -2.40. The maximum absolute atomic E-state index is 13.5. The Hall–Kier alpha value is -3.70. The van der Waals surface area contributed by atoms with Crippen LogP contribution >= 0.6 is 0 Å². The van der Waals surface area contributed by atoms with Gasteiger partial charge >= 0.3 is 0 Å². The molecule has 0 unspecified atom stereocenters. The second-order valence-electron chi connectivity index (χ2n) is 10.0. The van der Waals surface area contributed by atoms with Crippen LogP contribution in [0, 0.1) is 5.82 Å². The molecule has 2 aliphatic heterocycles. The Morgan fingerprint density at radius 3 is 2.42 bits per heavy atom. The highest BCUT2D eigenvalue weighted by Gasteiger charge is 2.46. The summed E-state index contributed by atoms with van der Waals surface area (Å²) in [6.07, 6.45) is 1.93. The van der Waals surface area contributed by atoms with Gasteiger partial charge in [-0.3, -0.25) is 9.69 Å². The van der Waals surface area contributed by atoms with E-state index in [1.807, 2.05) is 17.0 Å². The lowest BCUT2D eigenvalue weighted by Crippen LogP contribution is -2.45. The molecule has 1 saturated heterocycles. The predicted molar refractivity (Wildman–Crippen MR) is 141 cm³/mol. The van der Waals surface area contributed by atoms with Gasteiger partial charge < -0.3 is 9.64 Å². The van der Waals surface area contributed by atoms with E-state index in [4.69, 9.17) is 4.74 Å². The third-order valence-corrected chi connectivity index (χ3v) is 7.90. The number of carbonyl (C=O) groups excluding carboxylic acids is 1. The molecule has 0 N–H and O–H groups in total. The highest BCUT2D eigenvalue weighted by atomic mass is 19.1. The molecule has 182 valence electrons. The minimum absolute atomic E-state index is 0.0862. The van der Waals surface area contributed by atoms with Crippen molar-refractivity contribution in [1.29, 1.82) is 0 Å². The first-order valence-corrected chi connectivity index (χ1v) is 12.5. The second-order valence-corrected chi connectivity index (χ2v) is 10.0. The number of anilines is 1. The van der Waals surface area contributed by atoms with E-state index in [-0.39, 0.29) is 17.1 Å². The number of halogens is 1. The van der Waals surface area contributed by atoms with Gasteiger partial charge in [0.15, 0.2) is 0 Å². The van der Waals surface area contributed by atoms with Crippen molar-refractivity contribution in [1.82, 2.24) is 4.90 Å². The summed E-state index contributed by atoms with van der Waals surface area (Å²) in [5.41, 5.74) is 3.84. The van der Waals surface area contributed by atoms with Crippen LogP contribution in [-0.2, 0) is 12.0 Å². The van der Waals surface area contributed by atoms with Crippen molar-refractivity contribution in [2.75, 3.05) is 31.6 Å². The first kappa shape index (κ1) is 22.7. The van der Waals surface area contributed by atoms with E-state index in [9.17, 15) is 9.18 Å². The first-order chi connectivity index (χ1) is 17.5. The summed E-state index contributed by atoms with van der Waals surface area (Å²) in [4.78, 5) is 17.9. The molecular weight excluding hydrogens is 451 g/mol. The van der Waals surface area contributed by atoms with Gasteiger partial charge in [0, 0.05) is 29.8 Å². The summed E-state index contributed by atoms with van der Waals surface area (Å²) < 4.78 is 19.0. The van der Waals surface area contributed by atoms with E-state index in [1.54, 1.807) is 19.2 Å². The van der Waals surface area contributed by atoms with E-state index in [0.29, 0.717) is 12.1 Å². The molecule has 4 aromatic rings. The first-order valence-electron chi connectivity index (χ1n) is 12.5. The van der Waals surface area contributed by atoms with Gasteiger partial charge in [-0.15, -0.1) is 0 Å². The quantitative estimate of drug-likeness (QED) is 0.350. The molecule has 4 aromatic carbocycles. The van der Waals surface area contributed by atoms with Gasteiger partial charge in [-0.25, -0.2) is 4.39 Å². The Labute approximate surface area is 210 Å². The normalized spacial score (nSPS) is 16.9. The van der Waals surface area contributed by atoms with Crippen LogP contribution in [0.3, 0.4) is 0 Å². The average molecular weight is 481 g/mol. The Morgan fingerprint density at radius 2 is 1.67 bits per heavy atom. The minimum atomic E-state index is -0.339. The number of amides is 1. The fourth-order valence-corrected chi connectivity index (χ4v) is 5.87. The minimum Gasteiger partial charge on any atom is -0.497 e. The SMILES string of the molecule is COc1ccc2c(c1)C1(CCN(Cc3ccc4ccccc4c3)CC1)CN2C(=O)c1ccc(F)cc1. The van der Waals surface area contributed by atoms with E-state index in [1.165, 1.54) is 34.0 Å². The summed E-state index contributed by atoms with van der Waals surface area (Å²) in [5, 5.41) is 2.54. The fraction of sp³-hybridized carbons (Fsp3) is 0.258. The zero-order chi connectivity index (χ0) is 24.7. The van der Waals surface area contributed by atoms with Gasteiger partial charge in [0.2, 0.25) is 0 Å². The Morgan fingerprint density at radius 1 is 0.917 bits per heavy atom. The zero-order valence-electron chi connectivity index (χ0n) is 20.4.